The molecule has 27 heavy (non-hydrogen) atoms. The van der Waals surface area contributed by atoms with E-state index in [0.717, 1.165) is 12.1 Å². The standard InChI is InChI=1S/C20H22FN3O2S/c1-3-10-22-19(25)18-12-24(16-6-4-5-7-17(16)26-18)20(27)23-14-9-8-13(2)15(21)11-14/h4-9,11,18H,3,10,12H2,1-2H3,(H,22,25)(H,23,27)/t18-/m1/s1. The summed E-state index contributed by atoms with van der Waals surface area (Å²) in [6.07, 6.45) is 0.165. The maximum absolute atomic E-state index is 13.8. The van der Waals surface area contributed by atoms with Crippen molar-refractivity contribution in [2.45, 2.75) is 26.4 Å². The number of ether oxygens (including phenoxy) is 1. The van der Waals surface area contributed by atoms with Crippen LogP contribution >= 0.6 is 12.2 Å². The Morgan fingerprint density at radius 2 is 2.11 bits per heavy atom. The van der Waals surface area contributed by atoms with Crippen molar-refractivity contribution in [3.05, 3.63) is 53.8 Å². The van der Waals surface area contributed by atoms with E-state index in [-0.39, 0.29) is 18.3 Å². The van der Waals surface area contributed by atoms with Crippen LogP contribution in [0.4, 0.5) is 15.8 Å². The van der Waals surface area contributed by atoms with Crippen LogP contribution in [-0.2, 0) is 4.79 Å². The van der Waals surface area contributed by atoms with Gasteiger partial charge in [0.15, 0.2) is 11.2 Å². The number of aryl methyl sites for hydroxylation is 1. The lowest BCUT2D eigenvalue weighted by atomic mass is 10.2. The molecule has 2 aromatic rings. The van der Waals surface area contributed by atoms with Gasteiger partial charge in [0.05, 0.1) is 12.2 Å². The first-order valence-corrected chi connectivity index (χ1v) is 9.28. The average Bonchev–Trinajstić information content (AvgIpc) is 2.68. The SMILES string of the molecule is CCCNC(=O)[C@H]1CN(C(=S)Nc2ccc(C)c(F)c2)c2ccccc2O1. The minimum atomic E-state index is -0.680. The second kappa shape index (κ2) is 8.35. The highest BCUT2D eigenvalue weighted by molar-refractivity contribution is 7.80. The van der Waals surface area contributed by atoms with Crippen LogP contribution in [0.15, 0.2) is 42.5 Å². The van der Waals surface area contributed by atoms with E-state index in [0.29, 0.717) is 28.7 Å². The summed E-state index contributed by atoms with van der Waals surface area (Å²) in [6, 6.07) is 12.3. The van der Waals surface area contributed by atoms with Crippen molar-refractivity contribution in [3.63, 3.8) is 0 Å². The number of thiocarbonyl (C=S) groups is 1. The summed E-state index contributed by atoms with van der Waals surface area (Å²) in [5.41, 5.74) is 1.89. The number of anilines is 2. The van der Waals surface area contributed by atoms with E-state index < -0.39 is 6.10 Å². The predicted molar refractivity (Wildman–Crippen MR) is 109 cm³/mol. The molecule has 2 N–H and O–H groups in total. The van der Waals surface area contributed by atoms with Crippen LogP contribution in [0.3, 0.4) is 0 Å². The van der Waals surface area contributed by atoms with E-state index in [9.17, 15) is 9.18 Å². The van der Waals surface area contributed by atoms with E-state index >= 15 is 0 Å². The van der Waals surface area contributed by atoms with Crippen molar-refractivity contribution < 1.29 is 13.9 Å². The molecule has 1 aliphatic rings. The van der Waals surface area contributed by atoms with E-state index in [4.69, 9.17) is 17.0 Å². The topological polar surface area (TPSA) is 53.6 Å². The lowest BCUT2D eigenvalue weighted by Gasteiger charge is -2.35. The summed E-state index contributed by atoms with van der Waals surface area (Å²) in [4.78, 5) is 14.2. The third-order valence-electron chi connectivity index (χ3n) is 4.28. The number of nitrogens with zero attached hydrogens (tertiary/aromatic N) is 1. The third-order valence-corrected chi connectivity index (χ3v) is 4.61. The molecule has 5 nitrogen and oxygen atoms in total. The molecule has 0 radical (unpaired) electrons. The number of benzene rings is 2. The monoisotopic (exact) mass is 387 g/mol. The van der Waals surface area contributed by atoms with Gasteiger partial charge in [-0.15, -0.1) is 0 Å². The van der Waals surface area contributed by atoms with Gasteiger partial charge in [0.2, 0.25) is 0 Å². The minimum Gasteiger partial charge on any atom is -0.477 e. The first-order chi connectivity index (χ1) is 13.0. The Hall–Kier alpha value is -2.67. The highest BCUT2D eigenvalue weighted by Gasteiger charge is 2.32. The highest BCUT2D eigenvalue weighted by Crippen LogP contribution is 2.33. The normalized spacial score (nSPS) is 15.5. The van der Waals surface area contributed by atoms with Crippen LogP contribution in [0.25, 0.3) is 0 Å². The molecule has 0 saturated heterocycles. The zero-order valence-electron chi connectivity index (χ0n) is 15.3. The van der Waals surface area contributed by atoms with E-state index in [1.807, 2.05) is 30.0 Å². The van der Waals surface area contributed by atoms with Crippen molar-refractivity contribution in [3.8, 4) is 5.75 Å². The third kappa shape index (κ3) is 4.36. The fourth-order valence-corrected chi connectivity index (χ4v) is 3.08. The number of halogens is 1. The van der Waals surface area contributed by atoms with Crippen molar-refractivity contribution in [1.82, 2.24) is 5.32 Å². The van der Waals surface area contributed by atoms with Crippen molar-refractivity contribution in [2.75, 3.05) is 23.3 Å². The number of fused-ring (bicyclic) bond motifs is 1. The zero-order valence-corrected chi connectivity index (χ0v) is 16.1. The molecule has 1 amide bonds. The summed E-state index contributed by atoms with van der Waals surface area (Å²) >= 11 is 5.54. The highest BCUT2D eigenvalue weighted by atomic mass is 32.1. The minimum absolute atomic E-state index is 0.180. The Morgan fingerprint density at radius 3 is 2.85 bits per heavy atom. The van der Waals surface area contributed by atoms with E-state index in [2.05, 4.69) is 10.6 Å². The van der Waals surface area contributed by atoms with Gasteiger partial charge in [-0.3, -0.25) is 4.79 Å². The number of para-hydroxylation sites is 2. The molecular weight excluding hydrogens is 365 g/mol. The number of hydrogen-bond acceptors (Lipinski definition) is 3. The average molecular weight is 387 g/mol. The maximum atomic E-state index is 13.8. The van der Waals surface area contributed by atoms with Crippen molar-refractivity contribution in [2.24, 2.45) is 0 Å². The first-order valence-electron chi connectivity index (χ1n) is 8.87. The van der Waals surface area contributed by atoms with Gasteiger partial charge in [-0.25, -0.2) is 4.39 Å². The van der Waals surface area contributed by atoms with Crippen molar-refractivity contribution in [1.29, 1.82) is 0 Å². The number of hydrogen-bond donors (Lipinski definition) is 2. The molecular formula is C20H22FN3O2S. The maximum Gasteiger partial charge on any atom is 0.262 e. The molecule has 0 fully saturated rings. The molecule has 0 aliphatic carbocycles. The molecule has 0 spiro atoms. The molecule has 7 heteroatoms. The Kier molecular flexibility index (Phi) is 5.91. The van der Waals surface area contributed by atoms with Crippen LogP contribution in [-0.4, -0.2) is 30.2 Å². The summed E-state index contributed by atoms with van der Waals surface area (Å²) in [7, 11) is 0. The number of nitrogens with one attached hydrogen (secondary N) is 2. The van der Waals surface area contributed by atoms with Gasteiger partial charge in [-0.1, -0.05) is 25.1 Å². The molecule has 1 aliphatic heterocycles. The summed E-state index contributed by atoms with van der Waals surface area (Å²) in [5, 5.41) is 6.28. The smallest absolute Gasteiger partial charge is 0.262 e. The molecule has 1 heterocycles. The van der Waals surface area contributed by atoms with Gasteiger partial charge in [-0.2, -0.15) is 0 Å². The fourth-order valence-electron chi connectivity index (χ4n) is 2.79. The van der Waals surface area contributed by atoms with E-state index in [1.165, 1.54) is 6.07 Å². The molecule has 2 aromatic carbocycles. The van der Waals surface area contributed by atoms with Crippen molar-refractivity contribution >= 4 is 34.6 Å². The van der Waals surface area contributed by atoms with Gasteiger partial charge in [-0.05, 0) is 55.4 Å². The largest absolute Gasteiger partial charge is 0.477 e. The van der Waals surface area contributed by atoms with E-state index in [1.54, 1.807) is 25.1 Å². The summed E-state index contributed by atoms with van der Waals surface area (Å²) in [6.45, 7) is 4.55. The van der Waals surface area contributed by atoms with Crippen LogP contribution in [0.1, 0.15) is 18.9 Å². The lowest BCUT2D eigenvalue weighted by Crippen LogP contribution is -2.51. The van der Waals surface area contributed by atoms with Gasteiger partial charge in [0.25, 0.3) is 5.91 Å². The van der Waals surface area contributed by atoms with Gasteiger partial charge in [0, 0.05) is 12.2 Å². The Balaban J connectivity index is 1.82. The number of rotatable bonds is 4. The van der Waals surface area contributed by atoms with Gasteiger partial charge < -0.3 is 20.3 Å². The molecule has 142 valence electrons. The quantitative estimate of drug-likeness (QED) is 0.785. The zero-order chi connectivity index (χ0) is 19.4. The second-order valence-corrected chi connectivity index (χ2v) is 6.76. The molecule has 3 rings (SSSR count). The molecule has 0 bridgehead atoms. The summed E-state index contributed by atoms with van der Waals surface area (Å²) in [5.74, 6) is 0.0992. The molecule has 0 aromatic heterocycles. The Morgan fingerprint density at radius 1 is 1.33 bits per heavy atom. The van der Waals surface area contributed by atoms with Crippen LogP contribution in [0.2, 0.25) is 0 Å². The Bertz CT molecular complexity index is 859. The summed E-state index contributed by atoms with van der Waals surface area (Å²) < 4.78 is 19.7. The van der Waals surface area contributed by atoms with Gasteiger partial charge >= 0.3 is 0 Å². The molecule has 0 saturated carbocycles. The molecule has 1 atom stereocenters. The first kappa shape index (κ1) is 19.1. The van der Waals surface area contributed by atoms with Crippen LogP contribution < -0.4 is 20.3 Å². The second-order valence-electron chi connectivity index (χ2n) is 6.37. The Labute approximate surface area is 163 Å². The van der Waals surface area contributed by atoms with Gasteiger partial charge in [0.1, 0.15) is 11.6 Å². The predicted octanol–water partition coefficient (Wildman–Crippen LogP) is 3.62. The lowest BCUT2D eigenvalue weighted by molar-refractivity contribution is -0.127. The van der Waals surface area contributed by atoms with Crippen LogP contribution in [0.5, 0.6) is 5.75 Å². The fraction of sp³-hybridized carbons (Fsp3) is 0.300. The number of carbonyl (C=O) groups is 1. The molecule has 0 unspecified atom stereocenters. The number of amides is 1. The number of carbonyl (C=O) groups excluding carboxylic acids is 1. The van der Waals surface area contributed by atoms with Crippen LogP contribution in [0, 0.1) is 12.7 Å².